The van der Waals surface area contributed by atoms with Gasteiger partial charge in [0, 0.05) is 22.5 Å². The lowest BCUT2D eigenvalue weighted by molar-refractivity contribution is 0.475. The number of aromatic hydroxyl groups is 1. The Balaban J connectivity index is 2.12. The Kier molecular flexibility index (Phi) is 3.97. The summed E-state index contributed by atoms with van der Waals surface area (Å²) in [4.78, 5) is 3.57. The highest BCUT2D eigenvalue weighted by atomic mass is 16.3. The van der Waals surface area contributed by atoms with E-state index < -0.39 is 0 Å². The predicted octanol–water partition coefficient (Wildman–Crippen LogP) is 3.77. The van der Waals surface area contributed by atoms with Crippen LogP contribution < -0.4 is 5.46 Å². The summed E-state index contributed by atoms with van der Waals surface area (Å²) in [6.45, 7) is 4.39. The summed E-state index contributed by atoms with van der Waals surface area (Å²) in [5.41, 5.74) is 5.72. The van der Waals surface area contributed by atoms with Crippen molar-refractivity contribution in [3.05, 3.63) is 59.3 Å². The number of aryl methyl sites for hydroxylation is 1. The Morgan fingerprint density at radius 1 is 1.14 bits per heavy atom. The maximum absolute atomic E-state index is 9.47. The molecular weight excluding hydrogens is 269 g/mol. The highest BCUT2D eigenvalue weighted by Gasteiger charge is 2.17. The van der Waals surface area contributed by atoms with E-state index in [2.05, 4.69) is 31.0 Å². The Bertz CT molecular complexity index is 789. The summed E-state index contributed by atoms with van der Waals surface area (Å²) >= 11 is 0. The number of nitrogens with one attached hydrogen (secondary N) is 1. The molecule has 3 rings (SSSR count). The summed E-state index contributed by atoms with van der Waals surface area (Å²) in [5.74, 6) is 0.546. The van der Waals surface area contributed by atoms with Gasteiger partial charge in [-0.2, -0.15) is 0 Å². The molecule has 2 radical (unpaired) electrons. The van der Waals surface area contributed by atoms with Crippen molar-refractivity contribution in [2.45, 2.75) is 32.6 Å². The Morgan fingerprint density at radius 3 is 2.55 bits per heavy atom. The smallest absolute Gasteiger partial charge is 0.115 e. The van der Waals surface area contributed by atoms with Gasteiger partial charge in [-0.25, -0.2) is 0 Å². The summed E-state index contributed by atoms with van der Waals surface area (Å²) in [6, 6.07) is 13.5. The molecule has 0 fully saturated rings. The van der Waals surface area contributed by atoms with Gasteiger partial charge in [0.05, 0.1) is 0 Å². The molecule has 22 heavy (non-hydrogen) atoms. The zero-order valence-corrected chi connectivity index (χ0v) is 13.1. The van der Waals surface area contributed by atoms with E-state index in [4.69, 9.17) is 7.85 Å². The van der Waals surface area contributed by atoms with Gasteiger partial charge in [0.25, 0.3) is 0 Å². The molecule has 2 N–H and O–H groups in total. The molecule has 1 aromatic heterocycles. The molecule has 2 aromatic carbocycles. The van der Waals surface area contributed by atoms with Crippen LogP contribution >= 0.6 is 0 Å². The van der Waals surface area contributed by atoms with Gasteiger partial charge in [0.1, 0.15) is 13.6 Å². The van der Waals surface area contributed by atoms with Crippen molar-refractivity contribution < 1.29 is 5.11 Å². The zero-order valence-electron chi connectivity index (χ0n) is 13.1. The fourth-order valence-electron chi connectivity index (χ4n) is 3.10. The lowest BCUT2D eigenvalue weighted by atomic mass is 9.90. The minimum Gasteiger partial charge on any atom is -0.508 e. The molecule has 0 aliphatic heterocycles. The van der Waals surface area contributed by atoms with Crippen LogP contribution in [0.25, 0.3) is 10.9 Å². The molecule has 1 heterocycles. The third kappa shape index (κ3) is 2.63. The Morgan fingerprint density at radius 2 is 1.86 bits per heavy atom. The molecule has 0 saturated heterocycles. The second-order valence-corrected chi connectivity index (χ2v) is 5.89. The van der Waals surface area contributed by atoms with Gasteiger partial charge in [-0.1, -0.05) is 50.0 Å². The highest BCUT2D eigenvalue weighted by Crippen LogP contribution is 2.32. The molecule has 2 nitrogen and oxygen atoms in total. The first-order chi connectivity index (χ1) is 10.6. The monoisotopic (exact) mass is 289 g/mol. The molecular formula is C19H20BNO. The summed E-state index contributed by atoms with van der Waals surface area (Å²) in [7, 11) is 5.96. The molecule has 1 unspecified atom stereocenters. The summed E-state index contributed by atoms with van der Waals surface area (Å²) in [5, 5.41) is 10.7. The number of hydrogen-bond acceptors (Lipinski definition) is 1. The third-order valence-corrected chi connectivity index (χ3v) is 4.29. The second kappa shape index (κ2) is 5.92. The molecule has 0 bridgehead atoms. The Labute approximate surface area is 132 Å². The molecule has 3 aromatic rings. The van der Waals surface area contributed by atoms with E-state index in [0.29, 0.717) is 5.75 Å². The van der Waals surface area contributed by atoms with Crippen molar-refractivity contribution in [1.82, 2.24) is 4.98 Å². The minimum absolute atomic E-state index is 0.246. The average molecular weight is 289 g/mol. The fourth-order valence-corrected chi connectivity index (χ4v) is 3.10. The van der Waals surface area contributed by atoms with Crippen LogP contribution in [0.3, 0.4) is 0 Å². The zero-order chi connectivity index (χ0) is 15.7. The van der Waals surface area contributed by atoms with E-state index in [1.165, 1.54) is 22.2 Å². The molecule has 1 atom stereocenters. The lowest BCUT2D eigenvalue weighted by Crippen LogP contribution is -2.01. The predicted molar refractivity (Wildman–Crippen MR) is 93.3 cm³/mol. The van der Waals surface area contributed by atoms with Crippen LogP contribution in [0.1, 0.15) is 43.0 Å². The molecule has 0 saturated carbocycles. The lowest BCUT2D eigenvalue weighted by Gasteiger charge is -2.13. The number of phenols is 1. The van der Waals surface area contributed by atoms with Crippen molar-refractivity contribution in [3.8, 4) is 5.75 Å². The average Bonchev–Trinajstić information content (AvgIpc) is 2.86. The number of aromatic nitrogens is 1. The number of rotatable bonds is 4. The van der Waals surface area contributed by atoms with Crippen LogP contribution in [-0.2, 0) is 6.42 Å². The molecule has 0 aliphatic carbocycles. The third-order valence-electron chi connectivity index (χ3n) is 4.29. The Hall–Kier alpha value is -2.16. The van der Waals surface area contributed by atoms with E-state index in [0.717, 1.165) is 23.8 Å². The second-order valence-electron chi connectivity index (χ2n) is 5.89. The molecule has 110 valence electrons. The SMILES string of the molecule is [B]c1ccc2[nH]c(C(C)c3ccc(O)cc3)c(CCC)c2c1. The molecule has 3 heteroatoms. The van der Waals surface area contributed by atoms with E-state index >= 15 is 0 Å². The quantitative estimate of drug-likeness (QED) is 0.705. The molecule has 0 spiro atoms. The first-order valence-electron chi connectivity index (χ1n) is 7.79. The van der Waals surface area contributed by atoms with Gasteiger partial charge in [0.2, 0.25) is 0 Å². The number of fused-ring (bicyclic) bond motifs is 1. The molecule has 0 amide bonds. The molecule has 0 aliphatic rings. The van der Waals surface area contributed by atoms with E-state index in [1.807, 2.05) is 18.2 Å². The van der Waals surface area contributed by atoms with Gasteiger partial charge in [-0.05, 0) is 35.7 Å². The van der Waals surface area contributed by atoms with Gasteiger partial charge in [0.15, 0.2) is 0 Å². The van der Waals surface area contributed by atoms with Gasteiger partial charge >= 0.3 is 0 Å². The normalized spacial score (nSPS) is 12.6. The first-order valence-corrected chi connectivity index (χ1v) is 7.79. The number of aromatic amines is 1. The van der Waals surface area contributed by atoms with E-state index in [9.17, 15) is 5.11 Å². The topological polar surface area (TPSA) is 36.0 Å². The van der Waals surface area contributed by atoms with Gasteiger partial charge < -0.3 is 10.1 Å². The summed E-state index contributed by atoms with van der Waals surface area (Å²) in [6.07, 6.45) is 2.12. The van der Waals surface area contributed by atoms with E-state index in [-0.39, 0.29) is 5.92 Å². The van der Waals surface area contributed by atoms with Crippen molar-refractivity contribution >= 4 is 24.2 Å². The largest absolute Gasteiger partial charge is 0.508 e. The van der Waals surface area contributed by atoms with Crippen molar-refractivity contribution in [2.75, 3.05) is 0 Å². The number of benzene rings is 2. The number of phenolic OH excluding ortho intramolecular Hbond substituents is 1. The van der Waals surface area contributed by atoms with Crippen LogP contribution in [0, 0.1) is 0 Å². The van der Waals surface area contributed by atoms with Gasteiger partial charge in [-0.3, -0.25) is 0 Å². The van der Waals surface area contributed by atoms with Crippen molar-refractivity contribution in [1.29, 1.82) is 0 Å². The maximum atomic E-state index is 9.47. The van der Waals surface area contributed by atoms with Crippen LogP contribution in [0.2, 0.25) is 0 Å². The number of hydrogen-bond donors (Lipinski definition) is 2. The fraction of sp³-hybridized carbons (Fsp3) is 0.263. The first kappa shape index (κ1) is 14.8. The van der Waals surface area contributed by atoms with Crippen molar-refractivity contribution in [3.63, 3.8) is 0 Å². The van der Waals surface area contributed by atoms with Crippen LogP contribution in [-0.4, -0.2) is 17.9 Å². The van der Waals surface area contributed by atoms with Crippen molar-refractivity contribution in [2.24, 2.45) is 0 Å². The van der Waals surface area contributed by atoms with Crippen LogP contribution in [0.4, 0.5) is 0 Å². The maximum Gasteiger partial charge on any atom is 0.115 e. The van der Waals surface area contributed by atoms with Crippen LogP contribution in [0.15, 0.2) is 42.5 Å². The van der Waals surface area contributed by atoms with Gasteiger partial charge in [-0.15, -0.1) is 0 Å². The minimum atomic E-state index is 0.246. The summed E-state index contributed by atoms with van der Waals surface area (Å²) < 4.78 is 0. The standard InChI is InChI=1S/C19H20BNO/c1-3-4-16-17-11-14(20)7-10-18(17)21-19(16)12(2)13-5-8-15(22)9-6-13/h5-12,21-22H,3-4H2,1-2H3. The highest BCUT2D eigenvalue weighted by molar-refractivity contribution is 6.33. The van der Waals surface area contributed by atoms with E-state index in [1.54, 1.807) is 12.1 Å². The van der Waals surface area contributed by atoms with Crippen LogP contribution in [0.5, 0.6) is 5.75 Å². The number of H-pyrrole nitrogens is 1.